The first-order valence-corrected chi connectivity index (χ1v) is 8.90. The van der Waals surface area contributed by atoms with Gasteiger partial charge in [0.05, 0.1) is 7.11 Å². The highest BCUT2D eigenvalue weighted by atomic mass is 79.9. The molecule has 0 atom stereocenters. The number of halogens is 1. The van der Waals surface area contributed by atoms with E-state index in [4.69, 9.17) is 4.74 Å². The lowest BCUT2D eigenvalue weighted by atomic mass is 10.0. The molecule has 3 nitrogen and oxygen atoms in total. The standard InChI is InChI=1S/C20H24BrNO2/c1-13-12-16(8-11-19(13)24-4)6-5-7-20(23)22-18-10-9-17(21)14(2)15(18)3/h8-12H,5-7H2,1-4H3,(H,22,23). The Bertz CT molecular complexity index is 741. The summed E-state index contributed by atoms with van der Waals surface area (Å²) in [6, 6.07) is 10.1. The molecular formula is C20H24BrNO2. The minimum Gasteiger partial charge on any atom is -0.496 e. The van der Waals surface area contributed by atoms with E-state index in [1.807, 2.05) is 39.0 Å². The Balaban J connectivity index is 1.88. The van der Waals surface area contributed by atoms with Crippen molar-refractivity contribution in [2.75, 3.05) is 12.4 Å². The van der Waals surface area contributed by atoms with Crippen molar-refractivity contribution in [2.24, 2.45) is 0 Å². The lowest BCUT2D eigenvalue weighted by Gasteiger charge is -2.12. The Hall–Kier alpha value is -1.81. The van der Waals surface area contributed by atoms with Gasteiger partial charge in [0.2, 0.25) is 5.91 Å². The van der Waals surface area contributed by atoms with Crippen LogP contribution < -0.4 is 10.1 Å². The fraction of sp³-hybridized carbons (Fsp3) is 0.350. The van der Waals surface area contributed by atoms with Crippen LogP contribution in [0.5, 0.6) is 5.75 Å². The summed E-state index contributed by atoms with van der Waals surface area (Å²) in [5.41, 5.74) is 5.50. The van der Waals surface area contributed by atoms with E-state index in [0.29, 0.717) is 6.42 Å². The van der Waals surface area contributed by atoms with Crippen molar-refractivity contribution in [1.29, 1.82) is 0 Å². The van der Waals surface area contributed by atoms with Gasteiger partial charge in [0.1, 0.15) is 5.75 Å². The maximum absolute atomic E-state index is 12.2. The molecule has 0 radical (unpaired) electrons. The van der Waals surface area contributed by atoms with Crippen molar-refractivity contribution < 1.29 is 9.53 Å². The lowest BCUT2D eigenvalue weighted by Crippen LogP contribution is -2.13. The molecule has 0 heterocycles. The summed E-state index contributed by atoms with van der Waals surface area (Å²) < 4.78 is 6.33. The van der Waals surface area contributed by atoms with Gasteiger partial charge in [-0.15, -0.1) is 0 Å². The van der Waals surface area contributed by atoms with Gasteiger partial charge in [-0.3, -0.25) is 4.79 Å². The molecule has 0 saturated carbocycles. The van der Waals surface area contributed by atoms with Gasteiger partial charge >= 0.3 is 0 Å². The van der Waals surface area contributed by atoms with E-state index < -0.39 is 0 Å². The Morgan fingerprint density at radius 1 is 1.12 bits per heavy atom. The van der Waals surface area contributed by atoms with Gasteiger partial charge in [-0.2, -0.15) is 0 Å². The maximum atomic E-state index is 12.2. The fourth-order valence-corrected chi connectivity index (χ4v) is 3.11. The fourth-order valence-electron chi connectivity index (χ4n) is 2.68. The predicted octanol–water partition coefficient (Wildman–Crippen LogP) is 5.34. The summed E-state index contributed by atoms with van der Waals surface area (Å²) in [6.45, 7) is 6.10. The zero-order valence-electron chi connectivity index (χ0n) is 14.7. The van der Waals surface area contributed by atoms with Crippen LogP contribution >= 0.6 is 15.9 Å². The first-order valence-electron chi connectivity index (χ1n) is 8.11. The number of rotatable bonds is 6. The molecule has 0 aliphatic carbocycles. The molecule has 0 aromatic heterocycles. The first kappa shape index (κ1) is 18.5. The van der Waals surface area contributed by atoms with Gasteiger partial charge in [0.15, 0.2) is 0 Å². The molecule has 24 heavy (non-hydrogen) atoms. The molecular weight excluding hydrogens is 366 g/mol. The third kappa shape index (κ3) is 4.60. The van der Waals surface area contributed by atoms with E-state index in [2.05, 4.69) is 33.4 Å². The number of ether oxygens (including phenoxy) is 1. The molecule has 2 aromatic carbocycles. The molecule has 0 bridgehead atoms. The average Bonchev–Trinajstić information content (AvgIpc) is 2.55. The molecule has 0 aliphatic heterocycles. The number of hydrogen-bond donors (Lipinski definition) is 1. The second-order valence-corrected chi connectivity index (χ2v) is 6.90. The molecule has 0 saturated heterocycles. The third-order valence-corrected chi connectivity index (χ3v) is 5.18. The summed E-state index contributed by atoms with van der Waals surface area (Å²) >= 11 is 3.51. The molecule has 128 valence electrons. The van der Waals surface area contributed by atoms with Crippen LogP contribution in [0.15, 0.2) is 34.8 Å². The minimum absolute atomic E-state index is 0.0602. The molecule has 4 heteroatoms. The quantitative estimate of drug-likeness (QED) is 0.723. The van der Waals surface area contributed by atoms with E-state index in [-0.39, 0.29) is 5.91 Å². The van der Waals surface area contributed by atoms with Crippen LogP contribution in [-0.2, 0) is 11.2 Å². The molecule has 0 fully saturated rings. The summed E-state index contributed by atoms with van der Waals surface area (Å²) in [7, 11) is 1.68. The monoisotopic (exact) mass is 389 g/mol. The minimum atomic E-state index is 0.0602. The largest absolute Gasteiger partial charge is 0.496 e. The first-order chi connectivity index (χ1) is 11.4. The molecule has 0 unspecified atom stereocenters. The number of nitrogens with one attached hydrogen (secondary N) is 1. The molecule has 1 N–H and O–H groups in total. The SMILES string of the molecule is COc1ccc(CCCC(=O)Nc2ccc(Br)c(C)c2C)cc1C. The van der Waals surface area contributed by atoms with Crippen LogP contribution in [-0.4, -0.2) is 13.0 Å². The smallest absolute Gasteiger partial charge is 0.224 e. The molecule has 0 spiro atoms. The number of methoxy groups -OCH3 is 1. The normalized spacial score (nSPS) is 10.5. The lowest BCUT2D eigenvalue weighted by molar-refractivity contribution is -0.116. The zero-order valence-corrected chi connectivity index (χ0v) is 16.3. The van der Waals surface area contributed by atoms with Gasteiger partial charge in [-0.1, -0.05) is 28.1 Å². The average molecular weight is 390 g/mol. The molecule has 2 rings (SSSR count). The van der Waals surface area contributed by atoms with Gasteiger partial charge < -0.3 is 10.1 Å². The second-order valence-electron chi connectivity index (χ2n) is 6.05. The van der Waals surface area contributed by atoms with E-state index in [1.54, 1.807) is 7.11 Å². The van der Waals surface area contributed by atoms with E-state index in [0.717, 1.165) is 45.4 Å². The Morgan fingerprint density at radius 3 is 2.54 bits per heavy atom. The topological polar surface area (TPSA) is 38.3 Å². The van der Waals surface area contributed by atoms with E-state index >= 15 is 0 Å². The molecule has 0 aliphatic rings. The maximum Gasteiger partial charge on any atom is 0.224 e. The Labute approximate surface area is 152 Å². The Morgan fingerprint density at radius 2 is 1.88 bits per heavy atom. The number of amides is 1. The number of carbonyl (C=O) groups excluding carboxylic acids is 1. The predicted molar refractivity (Wildman–Crippen MR) is 103 cm³/mol. The second kappa shape index (κ2) is 8.34. The summed E-state index contributed by atoms with van der Waals surface area (Å²) in [5, 5.41) is 3.01. The Kier molecular flexibility index (Phi) is 6.44. The van der Waals surface area contributed by atoms with Crippen molar-refractivity contribution in [1.82, 2.24) is 0 Å². The van der Waals surface area contributed by atoms with Crippen LogP contribution in [0.1, 0.15) is 35.1 Å². The van der Waals surface area contributed by atoms with Crippen molar-refractivity contribution in [2.45, 2.75) is 40.0 Å². The molecule has 1 amide bonds. The van der Waals surface area contributed by atoms with Crippen molar-refractivity contribution in [3.8, 4) is 5.75 Å². The highest BCUT2D eigenvalue weighted by Crippen LogP contribution is 2.26. The van der Waals surface area contributed by atoms with Crippen LogP contribution in [0.3, 0.4) is 0 Å². The van der Waals surface area contributed by atoms with Gasteiger partial charge in [0.25, 0.3) is 0 Å². The van der Waals surface area contributed by atoms with E-state index in [1.165, 1.54) is 5.56 Å². The van der Waals surface area contributed by atoms with Crippen LogP contribution in [0.2, 0.25) is 0 Å². The van der Waals surface area contributed by atoms with Crippen molar-refractivity contribution in [3.05, 3.63) is 57.1 Å². The summed E-state index contributed by atoms with van der Waals surface area (Å²) in [6.07, 6.45) is 2.22. The van der Waals surface area contributed by atoms with Crippen LogP contribution in [0.4, 0.5) is 5.69 Å². The van der Waals surface area contributed by atoms with Gasteiger partial charge in [-0.05, 0) is 74.1 Å². The summed E-state index contributed by atoms with van der Waals surface area (Å²) in [5.74, 6) is 0.961. The van der Waals surface area contributed by atoms with Gasteiger partial charge in [-0.25, -0.2) is 0 Å². The van der Waals surface area contributed by atoms with Crippen LogP contribution in [0.25, 0.3) is 0 Å². The van der Waals surface area contributed by atoms with E-state index in [9.17, 15) is 4.79 Å². The summed E-state index contributed by atoms with van der Waals surface area (Å²) in [4.78, 5) is 12.2. The van der Waals surface area contributed by atoms with Crippen LogP contribution in [0, 0.1) is 20.8 Å². The number of anilines is 1. The van der Waals surface area contributed by atoms with Gasteiger partial charge in [0, 0.05) is 16.6 Å². The zero-order chi connectivity index (χ0) is 17.7. The highest BCUT2D eigenvalue weighted by Gasteiger charge is 2.08. The molecule has 2 aromatic rings. The number of hydrogen-bond acceptors (Lipinski definition) is 2. The number of benzene rings is 2. The number of aryl methyl sites for hydroxylation is 2. The number of carbonyl (C=O) groups is 1. The third-order valence-electron chi connectivity index (χ3n) is 4.32. The van der Waals surface area contributed by atoms with Crippen molar-refractivity contribution >= 4 is 27.5 Å². The van der Waals surface area contributed by atoms with Crippen molar-refractivity contribution in [3.63, 3.8) is 0 Å². The highest BCUT2D eigenvalue weighted by molar-refractivity contribution is 9.10.